The van der Waals surface area contributed by atoms with Crippen molar-refractivity contribution in [1.82, 2.24) is 4.72 Å². The van der Waals surface area contributed by atoms with Gasteiger partial charge in [0.25, 0.3) is 0 Å². The third kappa shape index (κ3) is 4.87. The van der Waals surface area contributed by atoms with Gasteiger partial charge in [-0.25, -0.2) is 8.42 Å². The van der Waals surface area contributed by atoms with Crippen LogP contribution in [-0.4, -0.2) is 38.1 Å². The third-order valence-electron chi connectivity index (χ3n) is 2.58. The summed E-state index contributed by atoms with van der Waals surface area (Å²) in [5.74, 6) is 0.0600. The van der Waals surface area contributed by atoms with Gasteiger partial charge in [0, 0.05) is 5.56 Å². The first-order valence-corrected chi connectivity index (χ1v) is 7.76. The second-order valence-electron chi connectivity index (χ2n) is 4.19. The van der Waals surface area contributed by atoms with Crippen molar-refractivity contribution in [2.24, 2.45) is 0 Å². The lowest BCUT2D eigenvalue weighted by Gasteiger charge is -2.15. The molecule has 2 N–H and O–H groups in total. The molecule has 0 spiro atoms. The standard InChI is InChI=1S/C14H15NO6S/c1-3-10-5-7-11(8-6-10)22(19,20)15-12(9-13(16)17)14(18)21-4-2/h1,5-8,12,15H,4,9H2,2H3,(H,16,17)/t12-/m0/s1. The molecule has 1 rings (SSSR count). The lowest BCUT2D eigenvalue weighted by molar-refractivity contribution is -0.149. The Labute approximate surface area is 128 Å². The smallest absolute Gasteiger partial charge is 0.324 e. The predicted molar refractivity (Wildman–Crippen MR) is 77.4 cm³/mol. The summed E-state index contributed by atoms with van der Waals surface area (Å²) >= 11 is 0. The number of hydrogen-bond donors (Lipinski definition) is 2. The summed E-state index contributed by atoms with van der Waals surface area (Å²) in [7, 11) is -4.08. The average Bonchev–Trinajstić information content (AvgIpc) is 2.46. The van der Waals surface area contributed by atoms with Crippen molar-refractivity contribution in [2.75, 3.05) is 6.61 Å². The Balaban J connectivity index is 3.00. The number of carboxylic acid groups (broad SMARTS) is 1. The molecule has 1 aromatic rings. The molecule has 0 unspecified atom stereocenters. The van der Waals surface area contributed by atoms with Crippen molar-refractivity contribution in [1.29, 1.82) is 0 Å². The summed E-state index contributed by atoms with van der Waals surface area (Å²) in [4.78, 5) is 22.3. The lowest BCUT2D eigenvalue weighted by atomic mass is 10.2. The third-order valence-corrected chi connectivity index (χ3v) is 4.07. The van der Waals surface area contributed by atoms with E-state index in [-0.39, 0.29) is 11.5 Å². The molecule has 0 heterocycles. The van der Waals surface area contributed by atoms with Gasteiger partial charge in [-0.2, -0.15) is 4.72 Å². The zero-order chi connectivity index (χ0) is 16.8. The summed E-state index contributed by atoms with van der Waals surface area (Å²) in [5, 5.41) is 8.77. The zero-order valence-corrected chi connectivity index (χ0v) is 12.6. The molecule has 0 bridgehead atoms. The molecule has 0 aromatic heterocycles. The van der Waals surface area contributed by atoms with Gasteiger partial charge in [0.1, 0.15) is 6.04 Å². The molecule has 0 saturated heterocycles. The minimum absolute atomic E-state index is 0.00749. The molecule has 118 valence electrons. The first kappa shape index (κ1) is 17.7. The molecule has 8 heteroatoms. The van der Waals surface area contributed by atoms with Gasteiger partial charge < -0.3 is 9.84 Å². The van der Waals surface area contributed by atoms with Crippen molar-refractivity contribution in [3.8, 4) is 12.3 Å². The highest BCUT2D eigenvalue weighted by Gasteiger charge is 2.28. The molecule has 0 radical (unpaired) electrons. The fourth-order valence-electron chi connectivity index (χ4n) is 1.58. The maximum atomic E-state index is 12.2. The van der Waals surface area contributed by atoms with Crippen LogP contribution in [-0.2, 0) is 24.3 Å². The van der Waals surface area contributed by atoms with Crippen LogP contribution in [0.2, 0.25) is 0 Å². The topological polar surface area (TPSA) is 110 Å². The highest BCUT2D eigenvalue weighted by atomic mass is 32.2. The van der Waals surface area contributed by atoms with Crippen LogP contribution in [0.25, 0.3) is 0 Å². The molecular formula is C14H15NO6S. The van der Waals surface area contributed by atoms with E-state index in [0.29, 0.717) is 5.56 Å². The van der Waals surface area contributed by atoms with E-state index in [9.17, 15) is 18.0 Å². The second kappa shape index (κ2) is 7.59. The van der Waals surface area contributed by atoms with Gasteiger partial charge in [0.15, 0.2) is 0 Å². The van der Waals surface area contributed by atoms with Crippen LogP contribution in [0.4, 0.5) is 0 Å². The monoisotopic (exact) mass is 325 g/mol. The van der Waals surface area contributed by atoms with Crippen LogP contribution in [0, 0.1) is 12.3 Å². The van der Waals surface area contributed by atoms with Crippen molar-refractivity contribution < 1.29 is 27.9 Å². The first-order valence-electron chi connectivity index (χ1n) is 6.27. The molecular weight excluding hydrogens is 310 g/mol. The molecule has 22 heavy (non-hydrogen) atoms. The van der Waals surface area contributed by atoms with E-state index in [1.807, 2.05) is 4.72 Å². The van der Waals surface area contributed by atoms with Crippen LogP contribution in [0.5, 0.6) is 0 Å². The van der Waals surface area contributed by atoms with Gasteiger partial charge in [-0.1, -0.05) is 5.92 Å². The van der Waals surface area contributed by atoms with Crippen LogP contribution in [0.3, 0.4) is 0 Å². The van der Waals surface area contributed by atoms with Crippen LogP contribution >= 0.6 is 0 Å². The van der Waals surface area contributed by atoms with Gasteiger partial charge in [-0.05, 0) is 31.2 Å². The highest BCUT2D eigenvalue weighted by molar-refractivity contribution is 7.89. The number of hydrogen-bond acceptors (Lipinski definition) is 5. The number of sulfonamides is 1. The fraction of sp³-hybridized carbons (Fsp3) is 0.286. The highest BCUT2D eigenvalue weighted by Crippen LogP contribution is 2.12. The normalized spacial score (nSPS) is 12.2. The molecule has 0 amide bonds. The molecule has 0 aliphatic heterocycles. The number of rotatable bonds is 7. The van der Waals surface area contributed by atoms with E-state index in [1.165, 1.54) is 31.2 Å². The van der Waals surface area contributed by atoms with E-state index >= 15 is 0 Å². The molecule has 0 aliphatic carbocycles. The molecule has 7 nitrogen and oxygen atoms in total. The summed E-state index contributed by atoms with van der Waals surface area (Å²) in [6, 6.07) is 3.87. The SMILES string of the molecule is C#Cc1ccc(S(=O)(=O)N[C@@H](CC(=O)O)C(=O)OCC)cc1. The Morgan fingerprint density at radius 1 is 1.36 bits per heavy atom. The lowest BCUT2D eigenvalue weighted by Crippen LogP contribution is -2.43. The van der Waals surface area contributed by atoms with Crippen molar-refractivity contribution in [2.45, 2.75) is 24.3 Å². The van der Waals surface area contributed by atoms with E-state index in [0.717, 1.165) is 0 Å². The van der Waals surface area contributed by atoms with Gasteiger partial charge >= 0.3 is 11.9 Å². The van der Waals surface area contributed by atoms with E-state index in [4.69, 9.17) is 11.5 Å². The number of nitrogens with one attached hydrogen (secondary N) is 1. The van der Waals surface area contributed by atoms with Gasteiger partial charge in [-0.15, -0.1) is 6.42 Å². The van der Waals surface area contributed by atoms with Crippen LogP contribution in [0.1, 0.15) is 18.9 Å². The number of benzene rings is 1. The summed E-state index contributed by atoms with van der Waals surface area (Å²) < 4.78 is 31.0. The maximum absolute atomic E-state index is 12.2. The minimum Gasteiger partial charge on any atom is -0.481 e. The number of ether oxygens (including phenoxy) is 1. The molecule has 1 aromatic carbocycles. The van der Waals surface area contributed by atoms with Crippen molar-refractivity contribution in [3.63, 3.8) is 0 Å². The number of aliphatic carboxylic acids is 1. The predicted octanol–water partition coefficient (Wildman–Crippen LogP) is 0.353. The Bertz CT molecular complexity index is 687. The molecule has 0 fully saturated rings. The van der Waals surface area contributed by atoms with Crippen molar-refractivity contribution in [3.05, 3.63) is 29.8 Å². The molecule has 0 aliphatic rings. The van der Waals surface area contributed by atoms with Crippen LogP contribution < -0.4 is 4.72 Å². The molecule has 0 saturated carbocycles. The minimum atomic E-state index is -4.08. The quantitative estimate of drug-likeness (QED) is 0.553. The Kier molecular flexibility index (Phi) is 6.10. The Morgan fingerprint density at radius 2 is 1.95 bits per heavy atom. The van der Waals surface area contributed by atoms with Gasteiger partial charge in [-0.3, -0.25) is 9.59 Å². The number of carbonyl (C=O) groups excluding carboxylic acids is 1. The van der Waals surface area contributed by atoms with E-state index < -0.39 is 34.4 Å². The Hall–Kier alpha value is -2.37. The van der Waals surface area contributed by atoms with Gasteiger partial charge in [0.05, 0.1) is 17.9 Å². The number of carboxylic acids is 1. The zero-order valence-electron chi connectivity index (χ0n) is 11.8. The van der Waals surface area contributed by atoms with Crippen LogP contribution in [0.15, 0.2) is 29.2 Å². The summed E-state index contributed by atoms with van der Waals surface area (Å²) in [6.07, 6.45) is 4.45. The summed E-state index contributed by atoms with van der Waals surface area (Å²) in [6.45, 7) is 1.54. The summed E-state index contributed by atoms with van der Waals surface area (Å²) in [5.41, 5.74) is 0.492. The maximum Gasteiger partial charge on any atom is 0.324 e. The van der Waals surface area contributed by atoms with E-state index in [1.54, 1.807) is 0 Å². The fourth-order valence-corrected chi connectivity index (χ4v) is 2.76. The Morgan fingerprint density at radius 3 is 2.41 bits per heavy atom. The number of terminal acetylenes is 1. The second-order valence-corrected chi connectivity index (χ2v) is 5.91. The average molecular weight is 325 g/mol. The largest absolute Gasteiger partial charge is 0.481 e. The molecule has 1 atom stereocenters. The van der Waals surface area contributed by atoms with E-state index in [2.05, 4.69) is 10.7 Å². The first-order chi connectivity index (χ1) is 10.3. The number of esters is 1. The van der Waals surface area contributed by atoms with Gasteiger partial charge in [0.2, 0.25) is 10.0 Å². The van der Waals surface area contributed by atoms with Crippen molar-refractivity contribution >= 4 is 22.0 Å². The number of carbonyl (C=O) groups is 2.